The van der Waals surface area contributed by atoms with Gasteiger partial charge in [0.1, 0.15) is 0 Å². The van der Waals surface area contributed by atoms with Crippen LogP contribution in [0.5, 0.6) is 0 Å². The van der Waals surface area contributed by atoms with Gasteiger partial charge in [0.05, 0.1) is 13.1 Å². The van der Waals surface area contributed by atoms with Crippen LogP contribution >= 0.6 is 11.6 Å². The third kappa shape index (κ3) is 5.73. The Hall–Kier alpha value is -2.01. The molecule has 0 atom stereocenters. The van der Waals surface area contributed by atoms with Crippen molar-refractivity contribution in [1.82, 2.24) is 5.01 Å². The zero-order chi connectivity index (χ0) is 20.0. The van der Waals surface area contributed by atoms with Gasteiger partial charge in [-0.2, -0.15) is 5.10 Å². The van der Waals surface area contributed by atoms with Crippen LogP contribution < -0.4 is 0 Å². The molecule has 0 aliphatic heterocycles. The topological polar surface area (TPSA) is 32.7 Å². The van der Waals surface area contributed by atoms with Crippen molar-refractivity contribution in [2.24, 2.45) is 5.10 Å². The average molecular weight is 395 g/mol. The molecule has 3 nitrogen and oxygen atoms in total. The zero-order valence-corrected chi connectivity index (χ0v) is 16.7. The van der Waals surface area contributed by atoms with Crippen LogP contribution in [0, 0.1) is 11.6 Å². The van der Waals surface area contributed by atoms with E-state index in [1.165, 1.54) is 0 Å². The summed E-state index contributed by atoms with van der Waals surface area (Å²) in [6.45, 7) is 6.60. The fourth-order valence-corrected chi connectivity index (χ4v) is 2.97. The lowest BCUT2D eigenvalue weighted by atomic mass is 10.1. The van der Waals surface area contributed by atoms with E-state index in [1.54, 1.807) is 17.3 Å². The fourth-order valence-electron chi connectivity index (χ4n) is 2.74. The molecule has 1 aliphatic carbocycles. The molecule has 1 aliphatic rings. The van der Waals surface area contributed by atoms with Gasteiger partial charge in [-0.25, -0.2) is 8.78 Å². The number of hydrogen-bond donors (Lipinski definition) is 0. The molecule has 0 saturated heterocycles. The summed E-state index contributed by atoms with van der Waals surface area (Å²) in [6.07, 6.45) is 5.56. The van der Waals surface area contributed by atoms with E-state index in [2.05, 4.69) is 12.0 Å². The highest BCUT2D eigenvalue weighted by atomic mass is 35.5. The van der Waals surface area contributed by atoms with E-state index >= 15 is 0 Å². The van der Waals surface area contributed by atoms with E-state index < -0.39 is 11.6 Å². The highest BCUT2D eigenvalue weighted by Gasteiger charge is 2.22. The first-order valence-electron chi connectivity index (χ1n) is 9.06. The molecular weight excluding hydrogens is 370 g/mol. The molecule has 1 aromatic rings. The van der Waals surface area contributed by atoms with Crippen LogP contribution in [0.3, 0.4) is 0 Å². The molecule has 146 valence electrons. The Morgan fingerprint density at radius 2 is 1.93 bits per heavy atom. The number of Topliss-reactive ketones (excluding diaryl/α,β-unsaturated/α-hetero) is 1. The number of hydrogen-bond acceptors (Lipinski definition) is 3. The quantitative estimate of drug-likeness (QED) is 0.251. The third-order valence-corrected chi connectivity index (χ3v) is 4.99. The van der Waals surface area contributed by atoms with Crippen molar-refractivity contribution in [1.29, 1.82) is 0 Å². The van der Waals surface area contributed by atoms with Crippen LogP contribution in [0.1, 0.15) is 44.7 Å². The monoisotopic (exact) mass is 394 g/mol. The van der Waals surface area contributed by atoms with E-state index in [9.17, 15) is 13.6 Å². The number of carbonyl (C=O) groups is 1. The van der Waals surface area contributed by atoms with Gasteiger partial charge in [-0.1, -0.05) is 24.5 Å². The Morgan fingerprint density at radius 3 is 2.59 bits per heavy atom. The number of allylic oxidation sites excluding steroid dienone is 1. The molecule has 0 fully saturated rings. The van der Waals surface area contributed by atoms with E-state index in [-0.39, 0.29) is 12.3 Å². The minimum atomic E-state index is -0.901. The first-order valence-corrected chi connectivity index (χ1v) is 9.59. The van der Waals surface area contributed by atoms with Gasteiger partial charge >= 0.3 is 0 Å². The number of nitrogens with zero attached hydrogens (tertiary/aromatic N) is 2. The number of halogens is 3. The minimum Gasteiger partial charge on any atom is -0.292 e. The second-order valence-electron chi connectivity index (χ2n) is 6.84. The lowest BCUT2D eigenvalue weighted by molar-refractivity contribution is -0.116. The number of benzene rings is 1. The van der Waals surface area contributed by atoms with Gasteiger partial charge in [-0.3, -0.25) is 9.80 Å². The van der Waals surface area contributed by atoms with Crippen LogP contribution in [0.4, 0.5) is 8.78 Å². The minimum absolute atomic E-state index is 0.100. The summed E-state index contributed by atoms with van der Waals surface area (Å²) < 4.78 is 26.8. The van der Waals surface area contributed by atoms with Gasteiger partial charge in [-0.05, 0) is 49.6 Å². The molecular formula is C21H25ClF2N2O. The van der Waals surface area contributed by atoms with Crippen molar-refractivity contribution in [2.45, 2.75) is 40.0 Å². The summed E-state index contributed by atoms with van der Waals surface area (Å²) in [6, 6.07) is 2.30. The molecule has 0 aromatic heterocycles. The number of fused-ring (bicyclic) bond motifs is 1. The predicted octanol–water partition coefficient (Wildman–Crippen LogP) is 5.14. The molecule has 0 N–H and O–H groups in total. The Balaban J connectivity index is 2.12. The Kier molecular flexibility index (Phi) is 7.72. The van der Waals surface area contributed by atoms with Gasteiger partial charge in [-0.15, -0.1) is 11.6 Å². The first kappa shape index (κ1) is 21.3. The second-order valence-corrected chi connectivity index (χ2v) is 7.11. The van der Waals surface area contributed by atoms with Crippen LogP contribution in [0.2, 0.25) is 0 Å². The number of rotatable bonds is 9. The average Bonchev–Trinajstić information content (AvgIpc) is 3.04. The number of hydrazone groups is 1. The van der Waals surface area contributed by atoms with Gasteiger partial charge in [0.15, 0.2) is 17.4 Å². The summed E-state index contributed by atoms with van der Waals surface area (Å²) in [4.78, 5) is 12.7. The summed E-state index contributed by atoms with van der Waals surface area (Å²) in [5.74, 6) is -1.46. The number of ketones is 1. The predicted molar refractivity (Wildman–Crippen MR) is 107 cm³/mol. The smallest absolute Gasteiger partial charge is 0.180 e. The number of carbonyl (C=O) groups excluding carboxylic acids is 1. The maximum atomic E-state index is 13.4. The largest absolute Gasteiger partial charge is 0.292 e. The van der Waals surface area contributed by atoms with Gasteiger partial charge < -0.3 is 0 Å². The third-order valence-electron chi connectivity index (χ3n) is 4.59. The number of unbranched alkanes of at least 4 members (excludes halogenated alkanes) is 1. The zero-order valence-electron chi connectivity index (χ0n) is 16.0. The molecule has 2 rings (SSSR count). The molecule has 0 unspecified atom stereocenters. The highest BCUT2D eigenvalue weighted by Crippen LogP contribution is 2.27. The molecule has 0 bridgehead atoms. The molecule has 0 saturated carbocycles. The van der Waals surface area contributed by atoms with Gasteiger partial charge in [0.25, 0.3) is 0 Å². The summed E-state index contributed by atoms with van der Waals surface area (Å²) >= 11 is 5.89. The van der Waals surface area contributed by atoms with Crippen molar-refractivity contribution in [3.05, 3.63) is 51.6 Å². The van der Waals surface area contributed by atoms with Crippen molar-refractivity contribution < 1.29 is 13.6 Å². The molecule has 6 heteroatoms. The molecule has 0 amide bonds. The maximum Gasteiger partial charge on any atom is 0.180 e. The van der Waals surface area contributed by atoms with E-state index in [0.29, 0.717) is 35.5 Å². The summed E-state index contributed by atoms with van der Waals surface area (Å²) in [7, 11) is 0. The van der Waals surface area contributed by atoms with Crippen molar-refractivity contribution >= 4 is 29.7 Å². The van der Waals surface area contributed by atoms with Crippen LogP contribution in [-0.4, -0.2) is 36.0 Å². The Bertz CT molecular complexity index is 800. The van der Waals surface area contributed by atoms with E-state index in [1.807, 2.05) is 13.8 Å². The molecule has 27 heavy (non-hydrogen) atoms. The van der Waals surface area contributed by atoms with Crippen LogP contribution in [0.15, 0.2) is 34.0 Å². The fraction of sp³-hybridized carbons (Fsp3) is 0.429. The SMILES string of the molecule is CCC/C=N\N(CC(=O)C1=Cc2cc(F)c(F)cc2C1)C/C(C)=C(/C)CCl. The van der Waals surface area contributed by atoms with Gasteiger partial charge in [0, 0.05) is 24.1 Å². The van der Waals surface area contributed by atoms with Crippen LogP contribution in [0.25, 0.3) is 6.08 Å². The van der Waals surface area contributed by atoms with Gasteiger partial charge in [0.2, 0.25) is 0 Å². The summed E-state index contributed by atoms with van der Waals surface area (Å²) in [5, 5.41) is 6.14. The summed E-state index contributed by atoms with van der Waals surface area (Å²) in [5.41, 5.74) is 3.86. The maximum absolute atomic E-state index is 13.4. The molecule has 0 heterocycles. The van der Waals surface area contributed by atoms with Crippen molar-refractivity contribution in [3.63, 3.8) is 0 Å². The standard InChI is InChI=1S/C21H25ClF2N2O/c1-4-5-6-25-26(12-15(3)14(2)11-22)13-21(27)18-7-16-9-19(23)20(24)10-17(16)8-18/h6-7,9-10H,4-5,8,11-13H2,1-3H3/b15-14-,25-6-. The second kappa shape index (κ2) is 9.79. The lowest BCUT2D eigenvalue weighted by Gasteiger charge is -2.20. The Labute approximate surface area is 164 Å². The molecule has 1 aromatic carbocycles. The molecule has 0 radical (unpaired) electrons. The van der Waals surface area contributed by atoms with Crippen molar-refractivity contribution in [2.75, 3.05) is 19.0 Å². The Morgan fingerprint density at radius 1 is 1.22 bits per heavy atom. The van der Waals surface area contributed by atoms with E-state index in [4.69, 9.17) is 11.6 Å². The van der Waals surface area contributed by atoms with Crippen LogP contribution in [-0.2, 0) is 11.2 Å². The normalized spacial score (nSPS) is 14.2. The highest BCUT2D eigenvalue weighted by molar-refractivity contribution is 6.19. The molecule has 0 spiro atoms. The van der Waals surface area contributed by atoms with Crippen molar-refractivity contribution in [3.8, 4) is 0 Å². The number of alkyl halides is 1. The first-order chi connectivity index (χ1) is 12.8. The lowest BCUT2D eigenvalue weighted by Crippen LogP contribution is -2.28. The van der Waals surface area contributed by atoms with E-state index in [0.717, 1.165) is 36.1 Å².